The van der Waals surface area contributed by atoms with E-state index in [2.05, 4.69) is 5.10 Å². The van der Waals surface area contributed by atoms with E-state index >= 15 is 0 Å². The van der Waals surface area contributed by atoms with Gasteiger partial charge in [-0.05, 0) is 54.3 Å². The van der Waals surface area contributed by atoms with Gasteiger partial charge in [0.05, 0.1) is 22.9 Å². The standard InChI is InChI=1S/C24H25N3O4S/c1-4-13-31-23-10-8-18(32(29,30)5-2)15-21(23)22-16-26(3)24(28)19-9-7-17(14-20(19)22)27-12-6-11-25-27/h6-12,14-16H,4-5,13H2,1-3H3. The summed E-state index contributed by atoms with van der Waals surface area (Å²) in [7, 11) is -1.73. The number of nitrogens with zero attached hydrogens (tertiary/aromatic N) is 3. The number of benzene rings is 2. The number of rotatable bonds is 7. The second-order valence-electron chi connectivity index (χ2n) is 7.55. The predicted molar refractivity (Wildman–Crippen MR) is 125 cm³/mol. The summed E-state index contributed by atoms with van der Waals surface area (Å²) in [4.78, 5) is 13.1. The molecular weight excluding hydrogens is 426 g/mol. The second kappa shape index (κ2) is 8.63. The first kappa shape index (κ1) is 21.8. The summed E-state index contributed by atoms with van der Waals surface area (Å²) in [6.07, 6.45) is 6.05. The number of aryl methyl sites for hydroxylation is 1. The molecule has 0 amide bonds. The van der Waals surface area contributed by atoms with Crippen molar-refractivity contribution >= 4 is 20.6 Å². The highest BCUT2D eigenvalue weighted by atomic mass is 32.2. The number of aromatic nitrogens is 3. The third-order valence-electron chi connectivity index (χ3n) is 5.38. The highest BCUT2D eigenvalue weighted by molar-refractivity contribution is 7.91. The Hall–Kier alpha value is -3.39. The van der Waals surface area contributed by atoms with Crippen LogP contribution in [0.2, 0.25) is 0 Å². The summed E-state index contributed by atoms with van der Waals surface area (Å²) in [5.74, 6) is 0.574. The summed E-state index contributed by atoms with van der Waals surface area (Å²) in [6.45, 7) is 4.12. The molecule has 4 rings (SSSR count). The molecular formula is C24H25N3O4S. The Morgan fingerprint density at radius 3 is 2.53 bits per heavy atom. The molecule has 0 aliphatic rings. The van der Waals surface area contributed by atoms with Crippen LogP contribution < -0.4 is 10.3 Å². The molecule has 0 spiro atoms. The van der Waals surface area contributed by atoms with Gasteiger partial charge in [-0.1, -0.05) is 13.8 Å². The first-order valence-electron chi connectivity index (χ1n) is 10.5. The van der Waals surface area contributed by atoms with Crippen LogP contribution in [0.5, 0.6) is 5.75 Å². The van der Waals surface area contributed by atoms with Gasteiger partial charge in [-0.25, -0.2) is 13.1 Å². The summed E-state index contributed by atoms with van der Waals surface area (Å²) in [6, 6.07) is 12.2. The predicted octanol–water partition coefficient (Wildman–Crippen LogP) is 3.97. The molecule has 0 saturated carbocycles. The minimum atomic E-state index is -3.42. The van der Waals surface area contributed by atoms with E-state index in [0.717, 1.165) is 17.7 Å². The molecule has 8 heteroatoms. The quantitative estimate of drug-likeness (QED) is 0.425. The fraction of sp³-hybridized carbons (Fsp3) is 0.250. The number of hydrogen-bond acceptors (Lipinski definition) is 5. The Bertz CT molecular complexity index is 1440. The van der Waals surface area contributed by atoms with Gasteiger partial charge in [-0.3, -0.25) is 4.79 Å². The van der Waals surface area contributed by atoms with Crippen LogP contribution in [0.25, 0.3) is 27.6 Å². The topological polar surface area (TPSA) is 83.2 Å². The van der Waals surface area contributed by atoms with Gasteiger partial charge >= 0.3 is 0 Å². The van der Waals surface area contributed by atoms with Gasteiger partial charge < -0.3 is 9.30 Å². The Morgan fingerprint density at radius 2 is 1.84 bits per heavy atom. The Labute approximate surface area is 186 Å². The van der Waals surface area contributed by atoms with Gasteiger partial charge in [0.15, 0.2) is 9.84 Å². The normalized spacial score (nSPS) is 11.7. The first-order valence-corrected chi connectivity index (χ1v) is 12.1. The molecule has 0 atom stereocenters. The van der Waals surface area contributed by atoms with Gasteiger partial charge in [0.1, 0.15) is 5.75 Å². The molecule has 4 aromatic rings. The van der Waals surface area contributed by atoms with Gasteiger partial charge in [0.2, 0.25) is 0 Å². The lowest BCUT2D eigenvalue weighted by atomic mass is 9.99. The zero-order valence-electron chi connectivity index (χ0n) is 18.3. The molecule has 2 aromatic heterocycles. The van der Waals surface area contributed by atoms with E-state index in [9.17, 15) is 13.2 Å². The molecule has 2 aromatic carbocycles. The molecule has 32 heavy (non-hydrogen) atoms. The van der Waals surface area contributed by atoms with E-state index in [1.54, 1.807) is 55.3 Å². The maximum Gasteiger partial charge on any atom is 0.258 e. The number of fused-ring (bicyclic) bond motifs is 1. The van der Waals surface area contributed by atoms with Crippen LogP contribution in [0.1, 0.15) is 20.3 Å². The smallest absolute Gasteiger partial charge is 0.258 e. The Morgan fingerprint density at radius 1 is 1.03 bits per heavy atom. The summed E-state index contributed by atoms with van der Waals surface area (Å²) in [5, 5.41) is 5.52. The minimum Gasteiger partial charge on any atom is -0.493 e. The van der Waals surface area contributed by atoms with Crippen molar-refractivity contribution in [1.29, 1.82) is 0 Å². The Kier molecular flexibility index (Phi) is 5.88. The molecule has 7 nitrogen and oxygen atoms in total. The fourth-order valence-corrected chi connectivity index (χ4v) is 4.56. The van der Waals surface area contributed by atoms with E-state index in [4.69, 9.17) is 4.74 Å². The van der Waals surface area contributed by atoms with E-state index < -0.39 is 9.84 Å². The molecule has 0 saturated heterocycles. The van der Waals surface area contributed by atoms with E-state index in [1.165, 1.54) is 4.57 Å². The van der Waals surface area contributed by atoms with E-state index in [-0.39, 0.29) is 16.2 Å². The van der Waals surface area contributed by atoms with E-state index in [0.29, 0.717) is 28.7 Å². The van der Waals surface area contributed by atoms with Gasteiger partial charge in [-0.15, -0.1) is 0 Å². The van der Waals surface area contributed by atoms with Crippen LogP contribution in [0.4, 0.5) is 0 Å². The third-order valence-corrected chi connectivity index (χ3v) is 7.11. The van der Waals surface area contributed by atoms with Crippen molar-refractivity contribution in [2.45, 2.75) is 25.2 Å². The molecule has 0 radical (unpaired) electrons. The summed E-state index contributed by atoms with van der Waals surface area (Å²) >= 11 is 0. The van der Waals surface area contributed by atoms with Gasteiger partial charge in [0.25, 0.3) is 5.56 Å². The summed E-state index contributed by atoms with van der Waals surface area (Å²) < 4.78 is 34.4. The van der Waals surface area contributed by atoms with Crippen molar-refractivity contribution in [2.75, 3.05) is 12.4 Å². The number of sulfone groups is 1. The lowest BCUT2D eigenvalue weighted by Crippen LogP contribution is -2.17. The minimum absolute atomic E-state index is 0.000919. The molecule has 0 unspecified atom stereocenters. The van der Waals surface area contributed by atoms with Crippen LogP contribution in [-0.2, 0) is 16.9 Å². The van der Waals surface area contributed by atoms with Gasteiger partial charge in [0, 0.05) is 42.2 Å². The monoisotopic (exact) mass is 451 g/mol. The van der Waals surface area contributed by atoms with Crippen molar-refractivity contribution in [3.8, 4) is 22.6 Å². The van der Waals surface area contributed by atoms with Crippen molar-refractivity contribution in [2.24, 2.45) is 7.05 Å². The average Bonchev–Trinajstić information content (AvgIpc) is 3.34. The number of ether oxygens (including phenoxy) is 1. The molecule has 166 valence electrons. The molecule has 0 bridgehead atoms. The fourth-order valence-electron chi connectivity index (χ4n) is 3.65. The lowest BCUT2D eigenvalue weighted by molar-refractivity contribution is 0.318. The largest absolute Gasteiger partial charge is 0.493 e. The number of hydrogen-bond donors (Lipinski definition) is 0. The van der Waals surface area contributed by atoms with Gasteiger partial charge in [-0.2, -0.15) is 5.10 Å². The van der Waals surface area contributed by atoms with Crippen LogP contribution in [0.15, 0.2) is 70.7 Å². The van der Waals surface area contributed by atoms with Crippen LogP contribution in [0.3, 0.4) is 0 Å². The maximum absolute atomic E-state index is 12.9. The van der Waals surface area contributed by atoms with Crippen LogP contribution in [-0.4, -0.2) is 35.1 Å². The van der Waals surface area contributed by atoms with Crippen molar-refractivity contribution in [3.05, 3.63) is 71.4 Å². The molecule has 0 aliphatic carbocycles. The maximum atomic E-state index is 12.9. The third kappa shape index (κ3) is 3.93. The first-order chi connectivity index (χ1) is 15.4. The molecule has 0 aliphatic heterocycles. The zero-order chi connectivity index (χ0) is 22.9. The van der Waals surface area contributed by atoms with Crippen molar-refractivity contribution in [1.82, 2.24) is 14.3 Å². The number of pyridine rings is 1. The molecule has 0 fully saturated rings. The zero-order valence-corrected chi connectivity index (χ0v) is 19.1. The second-order valence-corrected chi connectivity index (χ2v) is 9.83. The molecule has 2 heterocycles. The SMILES string of the molecule is CCCOc1ccc(S(=O)(=O)CC)cc1-c1cn(C)c(=O)c2ccc(-n3cccn3)cc12. The molecule has 0 N–H and O–H groups in total. The van der Waals surface area contributed by atoms with E-state index in [1.807, 2.05) is 31.3 Å². The van der Waals surface area contributed by atoms with Crippen molar-refractivity contribution in [3.63, 3.8) is 0 Å². The van der Waals surface area contributed by atoms with Crippen molar-refractivity contribution < 1.29 is 13.2 Å². The van der Waals surface area contributed by atoms with Crippen LogP contribution in [0, 0.1) is 0 Å². The summed E-state index contributed by atoms with van der Waals surface area (Å²) in [5.41, 5.74) is 2.01. The van der Waals surface area contributed by atoms with Crippen LogP contribution >= 0.6 is 0 Å². The average molecular weight is 452 g/mol. The highest BCUT2D eigenvalue weighted by Crippen LogP contribution is 2.37. The highest BCUT2D eigenvalue weighted by Gasteiger charge is 2.19. The Balaban J connectivity index is 2.05. The lowest BCUT2D eigenvalue weighted by Gasteiger charge is -2.16.